The third-order valence-electron chi connectivity index (χ3n) is 2.30. The molecule has 1 heterocycles. The van der Waals surface area contributed by atoms with Crippen LogP contribution < -0.4 is 5.32 Å². The number of rotatable bonds is 3. The summed E-state index contributed by atoms with van der Waals surface area (Å²) in [5.41, 5.74) is -0.406. The van der Waals surface area contributed by atoms with Gasteiger partial charge in [-0.2, -0.15) is 4.39 Å². The third kappa shape index (κ3) is 2.89. The maximum atomic E-state index is 13.1. The number of nitrogens with one attached hydrogen (secondary N) is 1. The molecule has 1 N–H and O–H groups in total. The monoisotopic (exact) mass is 261 g/mol. The highest BCUT2D eigenvalue weighted by Crippen LogP contribution is 2.21. The molecule has 0 saturated heterocycles. The lowest BCUT2D eigenvalue weighted by atomic mass is 10.2. The van der Waals surface area contributed by atoms with Crippen LogP contribution in [0.3, 0.4) is 0 Å². The molecule has 0 bridgehead atoms. The Labute approximate surface area is 107 Å². The second kappa shape index (κ2) is 5.21. The number of carbonyl (C=O) groups is 1. The van der Waals surface area contributed by atoms with Gasteiger partial charge in [0.15, 0.2) is 0 Å². The largest absolute Gasteiger partial charge is 0.320 e. The molecule has 0 radical (unpaired) electrons. The molecule has 0 aliphatic rings. The number of hydrogen-bond donors (Lipinski definition) is 1. The smallest absolute Gasteiger partial charge is 0.306 e. The minimum absolute atomic E-state index is 0.128. The SMILES string of the molecule is O=C(Nc1ccc(F)c([N+](=O)[O-])c1)c1ccccn1. The lowest BCUT2D eigenvalue weighted by Crippen LogP contribution is -2.13. The fourth-order valence-corrected chi connectivity index (χ4v) is 1.42. The van der Waals surface area contributed by atoms with E-state index < -0.39 is 22.3 Å². The molecule has 0 aliphatic carbocycles. The van der Waals surface area contributed by atoms with Gasteiger partial charge in [-0.1, -0.05) is 6.07 Å². The molecule has 0 aliphatic heterocycles. The van der Waals surface area contributed by atoms with Gasteiger partial charge in [0.05, 0.1) is 4.92 Å². The predicted octanol–water partition coefficient (Wildman–Crippen LogP) is 2.38. The molecular formula is C12H8FN3O3. The Hall–Kier alpha value is -2.83. The number of halogens is 1. The first-order chi connectivity index (χ1) is 9.08. The average molecular weight is 261 g/mol. The first-order valence-corrected chi connectivity index (χ1v) is 5.24. The van der Waals surface area contributed by atoms with Crippen LogP contribution in [-0.4, -0.2) is 15.8 Å². The van der Waals surface area contributed by atoms with E-state index in [1.807, 2.05) is 0 Å². The third-order valence-corrected chi connectivity index (χ3v) is 2.30. The van der Waals surface area contributed by atoms with Crippen LogP contribution in [0.25, 0.3) is 0 Å². The van der Waals surface area contributed by atoms with E-state index in [1.165, 1.54) is 18.3 Å². The van der Waals surface area contributed by atoms with Gasteiger partial charge in [-0.05, 0) is 24.3 Å². The van der Waals surface area contributed by atoms with Crippen molar-refractivity contribution in [1.82, 2.24) is 4.98 Å². The van der Waals surface area contributed by atoms with E-state index in [0.717, 1.165) is 12.1 Å². The molecule has 1 amide bonds. The van der Waals surface area contributed by atoms with Crippen molar-refractivity contribution >= 4 is 17.3 Å². The van der Waals surface area contributed by atoms with E-state index in [9.17, 15) is 19.3 Å². The van der Waals surface area contributed by atoms with E-state index in [2.05, 4.69) is 10.3 Å². The zero-order valence-electron chi connectivity index (χ0n) is 9.54. The van der Waals surface area contributed by atoms with Gasteiger partial charge >= 0.3 is 5.69 Å². The first kappa shape index (κ1) is 12.6. The van der Waals surface area contributed by atoms with Crippen molar-refractivity contribution in [2.24, 2.45) is 0 Å². The van der Waals surface area contributed by atoms with E-state index in [0.29, 0.717) is 0 Å². The Bertz CT molecular complexity index is 631. The molecule has 0 saturated carbocycles. The van der Waals surface area contributed by atoms with Gasteiger partial charge in [0.25, 0.3) is 5.91 Å². The van der Waals surface area contributed by atoms with Crippen LogP contribution in [0.4, 0.5) is 15.8 Å². The lowest BCUT2D eigenvalue weighted by molar-refractivity contribution is -0.387. The molecule has 19 heavy (non-hydrogen) atoms. The Kier molecular flexibility index (Phi) is 3.46. The minimum Gasteiger partial charge on any atom is -0.320 e. The van der Waals surface area contributed by atoms with Gasteiger partial charge in [-0.15, -0.1) is 0 Å². The normalized spacial score (nSPS) is 9.95. The molecule has 1 aromatic heterocycles. The van der Waals surface area contributed by atoms with Gasteiger partial charge in [0.1, 0.15) is 5.69 Å². The highest BCUT2D eigenvalue weighted by Gasteiger charge is 2.15. The predicted molar refractivity (Wildman–Crippen MR) is 65.2 cm³/mol. The van der Waals surface area contributed by atoms with E-state index in [4.69, 9.17) is 0 Å². The van der Waals surface area contributed by atoms with Crippen LogP contribution in [0.1, 0.15) is 10.5 Å². The molecule has 0 atom stereocenters. The van der Waals surface area contributed by atoms with E-state index in [-0.39, 0.29) is 11.4 Å². The number of nitrogens with zero attached hydrogens (tertiary/aromatic N) is 2. The van der Waals surface area contributed by atoms with Crippen molar-refractivity contribution in [3.8, 4) is 0 Å². The van der Waals surface area contributed by atoms with Crippen molar-refractivity contribution < 1.29 is 14.1 Å². The van der Waals surface area contributed by atoms with Crippen molar-refractivity contribution in [2.45, 2.75) is 0 Å². The van der Waals surface area contributed by atoms with Gasteiger partial charge < -0.3 is 5.32 Å². The van der Waals surface area contributed by atoms with Crippen molar-refractivity contribution in [1.29, 1.82) is 0 Å². The summed E-state index contributed by atoms with van der Waals surface area (Å²) in [5, 5.41) is 13.0. The average Bonchev–Trinajstić information content (AvgIpc) is 2.41. The van der Waals surface area contributed by atoms with Crippen molar-refractivity contribution in [3.05, 3.63) is 64.2 Å². The van der Waals surface area contributed by atoms with Crippen LogP contribution in [0.2, 0.25) is 0 Å². The zero-order valence-corrected chi connectivity index (χ0v) is 9.54. The van der Waals surface area contributed by atoms with Crippen LogP contribution in [-0.2, 0) is 0 Å². The van der Waals surface area contributed by atoms with Gasteiger partial charge in [0.2, 0.25) is 5.82 Å². The summed E-state index contributed by atoms with van der Waals surface area (Å²) in [7, 11) is 0. The number of nitro benzene ring substituents is 1. The maximum Gasteiger partial charge on any atom is 0.306 e. The molecule has 7 heteroatoms. The second-order valence-electron chi connectivity index (χ2n) is 3.59. The molecule has 2 rings (SSSR count). The summed E-state index contributed by atoms with van der Waals surface area (Å²) < 4.78 is 13.1. The van der Waals surface area contributed by atoms with Crippen LogP contribution in [0.15, 0.2) is 42.6 Å². The van der Waals surface area contributed by atoms with Gasteiger partial charge in [0, 0.05) is 18.0 Å². The second-order valence-corrected chi connectivity index (χ2v) is 3.59. The van der Waals surface area contributed by atoms with Crippen LogP contribution in [0.5, 0.6) is 0 Å². The molecule has 0 fully saturated rings. The highest BCUT2D eigenvalue weighted by atomic mass is 19.1. The Morgan fingerprint density at radius 1 is 1.32 bits per heavy atom. The quantitative estimate of drug-likeness (QED) is 0.679. The molecule has 6 nitrogen and oxygen atoms in total. The number of benzene rings is 1. The minimum atomic E-state index is -0.958. The summed E-state index contributed by atoms with van der Waals surface area (Å²) in [6, 6.07) is 7.90. The maximum absolute atomic E-state index is 13.1. The lowest BCUT2D eigenvalue weighted by Gasteiger charge is -2.04. The topological polar surface area (TPSA) is 85.1 Å². The number of nitro groups is 1. The number of pyridine rings is 1. The number of anilines is 1. The standard InChI is InChI=1S/C12H8FN3O3/c13-9-5-4-8(7-11(9)16(18)19)15-12(17)10-3-1-2-6-14-10/h1-7H,(H,15,17). The number of hydrogen-bond acceptors (Lipinski definition) is 4. The van der Waals surface area contributed by atoms with E-state index >= 15 is 0 Å². The first-order valence-electron chi connectivity index (χ1n) is 5.24. The summed E-state index contributed by atoms with van der Waals surface area (Å²) in [5.74, 6) is -1.48. The number of aromatic nitrogens is 1. The summed E-state index contributed by atoms with van der Waals surface area (Å²) in [6.45, 7) is 0. The molecule has 2 aromatic rings. The fraction of sp³-hybridized carbons (Fsp3) is 0. The summed E-state index contributed by atoms with van der Waals surface area (Å²) in [4.78, 5) is 25.3. The Morgan fingerprint density at radius 3 is 2.74 bits per heavy atom. The summed E-state index contributed by atoms with van der Waals surface area (Å²) in [6.07, 6.45) is 1.45. The number of carbonyl (C=O) groups excluding carboxylic acids is 1. The molecule has 0 spiro atoms. The highest BCUT2D eigenvalue weighted by molar-refractivity contribution is 6.02. The Balaban J connectivity index is 2.23. The Morgan fingerprint density at radius 2 is 2.11 bits per heavy atom. The van der Waals surface area contributed by atoms with Crippen LogP contribution >= 0.6 is 0 Å². The molecular weight excluding hydrogens is 253 g/mol. The van der Waals surface area contributed by atoms with E-state index in [1.54, 1.807) is 12.1 Å². The number of amides is 1. The van der Waals surface area contributed by atoms with Gasteiger partial charge in [-0.3, -0.25) is 19.9 Å². The zero-order chi connectivity index (χ0) is 13.8. The summed E-state index contributed by atoms with van der Waals surface area (Å²) >= 11 is 0. The molecule has 96 valence electrons. The molecule has 0 unspecified atom stereocenters. The molecule has 1 aromatic carbocycles. The fourth-order valence-electron chi connectivity index (χ4n) is 1.42. The van der Waals surface area contributed by atoms with Crippen LogP contribution in [0, 0.1) is 15.9 Å². The van der Waals surface area contributed by atoms with Crippen molar-refractivity contribution in [3.63, 3.8) is 0 Å². The van der Waals surface area contributed by atoms with Gasteiger partial charge in [-0.25, -0.2) is 0 Å². The van der Waals surface area contributed by atoms with Crippen molar-refractivity contribution in [2.75, 3.05) is 5.32 Å².